The lowest BCUT2D eigenvalue weighted by molar-refractivity contribution is 0.384. The molecule has 10 heteroatoms. The van der Waals surface area contributed by atoms with Gasteiger partial charge in [-0.2, -0.15) is 4.31 Å². The fraction of sp³-hybridized carbons (Fsp3) is 0.333. The minimum Gasteiger partial charge on any atom is -0.364 e. The van der Waals surface area contributed by atoms with Crippen molar-refractivity contribution in [2.24, 2.45) is 0 Å². The number of piperazine rings is 1. The lowest BCUT2D eigenvalue weighted by atomic mass is 10.2. The second-order valence-electron chi connectivity index (χ2n) is 7.80. The average molecular weight is 462 g/mol. The number of aromatic nitrogens is 2. The second-order valence-corrected chi connectivity index (χ2v) is 10.2. The molecule has 0 bridgehead atoms. The van der Waals surface area contributed by atoms with Crippen LogP contribution in [0.2, 0.25) is 5.02 Å². The molecule has 2 heterocycles. The quantitative estimate of drug-likeness (QED) is 0.626. The maximum absolute atomic E-state index is 13.7. The normalized spacial score (nSPS) is 17.8. The number of benzene rings is 2. The molecular weight excluding hydrogens is 441 g/mol. The van der Waals surface area contributed by atoms with Gasteiger partial charge in [0.2, 0.25) is 10.0 Å². The van der Waals surface area contributed by atoms with Crippen molar-refractivity contribution in [2.75, 3.05) is 36.4 Å². The summed E-state index contributed by atoms with van der Waals surface area (Å²) in [6.07, 6.45) is 2.16. The molecule has 0 atom stereocenters. The van der Waals surface area contributed by atoms with Crippen LogP contribution in [0.5, 0.6) is 0 Å². The number of rotatable bonds is 5. The third kappa shape index (κ3) is 4.17. The van der Waals surface area contributed by atoms with Crippen molar-refractivity contribution >= 4 is 44.3 Å². The number of halogens is 2. The lowest BCUT2D eigenvalue weighted by Gasteiger charge is -2.35. The molecule has 1 aliphatic carbocycles. The maximum Gasteiger partial charge on any atom is 0.243 e. The zero-order chi connectivity index (χ0) is 21.6. The number of nitrogens with zero attached hydrogens (tertiary/aromatic N) is 4. The van der Waals surface area contributed by atoms with E-state index in [1.165, 1.54) is 22.5 Å². The van der Waals surface area contributed by atoms with Crippen LogP contribution in [0.4, 0.5) is 16.0 Å². The predicted molar refractivity (Wildman–Crippen MR) is 119 cm³/mol. The highest BCUT2D eigenvalue weighted by Gasteiger charge is 2.31. The first-order valence-electron chi connectivity index (χ1n) is 10.1. The number of nitrogens with one attached hydrogen (secondary N) is 1. The lowest BCUT2D eigenvalue weighted by Crippen LogP contribution is -2.49. The van der Waals surface area contributed by atoms with Crippen molar-refractivity contribution in [1.29, 1.82) is 0 Å². The van der Waals surface area contributed by atoms with E-state index in [-0.39, 0.29) is 10.7 Å². The second kappa shape index (κ2) is 7.89. The van der Waals surface area contributed by atoms with Crippen molar-refractivity contribution in [3.05, 3.63) is 53.3 Å². The summed E-state index contributed by atoms with van der Waals surface area (Å²) in [5.74, 6) is 0.922. The molecule has 1 N–H and O–H groups in total. The van der Waals surface area contributed by atoms with E-state index in [1.807, 2.05) is 4.90 Å². The van der Waals surface area contributed by atoms with E-state index in [0.29, 0.717) is 59.9 Å². The molecular formula is C21H21ClFN5O2S. The van der Waals surface area contributed by atoms with Crippen molar-refractivity contribution in [2.45, 2.75) is 23.8 Å². The van der Waals surface area contributed by atoms with E-state index < -0.39 is 10.0 Å². The summed E-state index contributed by atoms with van der Waals surface area (Å²) < 4.78 is 41.1. The van der Waals surface area contributed by atoms with Crippen molar-refractivity contribution in [1.82, 2.24) is 14.3 Å². The van der Waals surface area contributed by atoms with Gasteiger partial charge in [0.15, 0.2) is 11.6 Å². The van der Waals surface area contributed by atoms with Crippen LogP contribution in [0.15, 0.2) is 47.4 Å². The molecule has 2 aliphatic rings. The van der Waals surface area contributed by atoms with E-state index in [1.54, 1.807) is 24.3 Å². The average Bonchev–Trinajstić information content (AvgIpc) is 3.58. The molecule has 162 valence electrons. The Kier molecular flexibility index (Phi) is 5.19. The van der Waals surface area contributed by atoms with Crippen LogP contribution in [-0.2, 0) is 10.0 Å². The zero-order valence-electron chi connectivity index (χ0n) is 16.6. The summed E-state index contributed by atoms with van der Waals surface area (Å²) in [7, 11) is -3.63. The molecule has 0 amide bonds. The van der Waals surface area contributed by atoms with Gasteiger partial charge in [-0.1, -0.05) is 17.7 Å². The summed E-state index contributed by atoms with van der Waals surface area (Å²) in [5.41, 5.74) is 1.10. The molecule has 2 aromatic carbocycles. The Morgan fingerprint density at radius 3 is 2.48 bits per heavy atom. The SMILES string of the molecule is O=S(=O)(c1cccc(Cl)c1)N1CCN(c2nc3cc(F)ccc3nc2NC2CC2)CC1. The maximum atomic E-state index is 13.7. The summed E-state index contributed by atoms with van der Waals surface area (Å²) in [4.78, 5) is 11.5. The third-order valence-electron chi connectivity index (χ3n) is 5.50. The molecule has 5 rings (SSSR count). The molecule has 0 unspecified atom stereocenters. The Hall–Kier alpha value is -2.49. The standard InChI is InChI=1S/C21H21ClFN5O2S/c22-14-2-1-3-17(12-14)31(29,30)28-10-8-27(9-11-28)21-20(24-16-5-6-16)25-18-7-4-15(23)13-19(18)26-21/h1-4,7,12-13,16H,5-6,8-11H2,(H,24,25). The predicted octanol–water partition coefficient (Wildman–Crippen LogP) is 3.51. The van der Waals surface area contributed by atoms with Crippen LogP contribution < -0.4 is 10.2 Å². The van der Waals surface area contributed by atoms with E-state index in [9.17, 15) is 12.8 Å². The highest BCUT2D eigenvalue weighted by Crippen LogP contribution is 2.32. The van der Waals surface area contributed by atoms with Crippen LogP contribution in [0.1, 0.15) is 12.8 Å². The minimum absolute atomic E-state index is 0.186. The van der Waals surface area contributed by atoms with Gasteiger partial charge in [-0.15, -0.1) is 0 Å². The Balaban J connectivity index is 1.40. The fourth-order valence-electron chi connectivity index (χ4n) is 3.67. The Labute approximate surface area is 184 Å². The smallest absolute Gasteiger partial charge is 0.243 e. The number of sulfonamides is 1. The summed E-state index contributed by atoms with van der Waals surface area (Å²) >= 11 is 5.98. The Morgan fingerprint density at radius 1 is 1.00 bits per heavy atom. The third-order valence-corrected chi connectivity index (χ3v) is 7.63. The van der Waals surface area contributed by atoms with Crippen LogP contribution in [-0.4, -0.2) is 54.9 Å². The number of hydrogen-bond donors (Lipinski definition) is 1. The van der Waals surface area contributed by atoms with Gasteiger partial charge in [0.05, 0.1) is 15.9 Å². The minimum atomic E-state index is -3.63. The van der Waals surface area contributed by atoms with Gasteiger partial charge < -0.3 is 10.2 Å². The first kappa shape index (κ1) is 20.4. The number of anilines is 2. The van der Waals surface area contributed by atoms with Gasteiger partial charge in [-0.3, -0.25) is 0 Å². The molecule has 1 saturated carbocycles. The first-order valence-corrected chi connectivity index (χ1v) is 12.0. The van der Waals surface area contributed by atoms with Gasteiger partial charge >= 0.3 is 0 Å². The van der Waals surface area contributed by atoms with Gasteiger partial charge in [0.25, 0.3) is 0 Å². The van der Waals surface area contributed by atoms with Gasteiger partial charge in [-0.25, -0.2) is 22.8 Å². The summed E-state index contributed by atoms with van der Waals surface area (Å²) in [6, 6.07) is 11.0. The number of hydrogen-bond acceptors (Lipinski definition) is 6. The zero-order valence-corrected chi connectivity index (χ0v) is 18.2. The Morgan fingerprint density at radius 2 is 1.77 bits per heavy atom. The summed E-state index contributed by atoms with van der Waals surface area (Å²) in [6.45, 7) is 1.52. The Bertz CT molecular complexity index is 1240. The van der Waals surface area contributed by atoms with E-state index in [0.717, 1.165) is 12.8 Å². The molecule has 1 aliphatic heterocycles. The monoisotopic (exact) mass is 461 g/mol. The highest BCUT2D eigenvalue weighted by molar-refractivity contribution is 7.89. The largest absolute Gasteiger partial charge is 0.364 e. The molecule has 7 nitrogen and oxygen atoms in total. The molecule has 31 heavy (non-hydrogen) atoms. The molecule has 2 fully saturated rings. The topological polar surface area (TPSA) is 78.4 Å². The van der Waals surface area contributed by atoms with Crippen LogP contribution in [0, 0.1) is 5.82 Å². The molecule has 1 aromatic heterocycles. The molecule has 0 spiro atoms. The van der Waals surface area contributed by atoms with Crippen LogP contribution >= 0.6 is 11.6 Å². The van der Waals surface area contributed by atoms with E-state index >= 15 is 0 Å². The first-order chi connectivity index (χ1) is 14.9. The van der Waals surface area contributed by atoms with Crippen LogP contribution in [0.3, 0.4) is 0 Å². The van der Waals surface area contributed by atoms with Crippen LogP contribution in [0.25, 0.3) is 11.0 Å². The molecule has 1 saturated heterocycles. The van der Waals surface area contributed by atoms with E-state index in [2.05, 4.69) is 15.3 Å². The number of fused-ring (bicyclic) bond motifs is 1. The van der Waals surface area contributed by atoms with Gasteiger partial charge in [-0.05, 0) is 43.2 Å². The van der Waals surface area contributed by atoms with Gasteiger partial charge in [0, 0.05) is 43.3 Å². The van der Waals surface area contributed by atoms with Gasteiger partial charge in [0.1, 0.15) is 5.82 Å². The van der Waals surface area contributed by atoms with Crippen molar-refractivity contribution < 1.29 is 12.8 Å². The fourth-order valence-corrected chi connectivity index (χ4v) is 5.40. The molecule has 0 radical (unpaired) electrons. The van der Waals surface area contributed by atoms with Crippen molar-refractivity contribution in [3.63, 3.8) is 0 Å². The van der Waals surface area contributed by atoms with E-state index in [4.69, 9.17) is 11.6 Å². The summed E-state index contributed by atoms with van der Waals surface area (Å²) in [5, 5.41) is 3.79. The molecule has 3 aromatic rings. The van der Waals surface area contributed by atoms with Crippen molar-refractivity contribution in [3.8, 4) is 0 Å². The highest BCUT2D eigenvalue weighted by atomic mass is 35.5.